The minimum absolute atomic E-state index is 0.0108. The summed E-state index contributed by atoms with van der Waals surface area (Å²) >= 11 is 0. The molecule has 0 aliphatic heterocycles. The first-order valence-corrected chi connectivity index (χ1v) is 8.07. The third kappa shape index (κ3) is 2.19. The molecule has 2 aromatic heterocycles. The largest absolute Gasteiger partial charge is 0.338 e. The molecular weight excluding hydrogens is 310 g/mol. The molecule has 0 unspecified atom stereocenters. The molecule has 5 rings (SSSR count). The second kappa shape index (κ2) is 5.24. The Morgan fingerprint density at radius 2 is 1.56 bits per heavy atom. The van der Waals surface area contributed by atoms with E-state index in [1.54, 1.807) is 6.07 Å². The van der Waals surface area contributed by atoms with Crippen molar-refractivity contribution in [3.8, 4) is 0 Å². The first-order chi connectivity index (χ1) is 12.3. The van der Waals surface area contributed by atoms with Gasteiger partial charge >= 0.3 is 0 Å². The lowest BCUT2D eigenvalue weighted by atomic mass is 10.0. The van der Waals surface area contributed by atoms with Crippen LogP contribution >= 0.6 is 0 Å². The summed E-state index contributed by atoms with van der Waals surface area (Å²) in [5, 5.41) is 1.03. The van der Waals surface area contributed by atoms with Crippen LogP contribution in [0.1, 0.15) is 15.9 Å². The molecule has 0 aliphatic rings. The lowest BCUT2D eigenvalue weighted by Gasteiger charge is -2.03. The fourth-order valence-corrected chi connectivity index (χ4v) is 3.15. The molecule has 1 N–H and O–H groups in total. The monoisotopic (exact) mass is 323 g/mol. The quantitative estimate of drug-likeness (QED) is 0.487. The Morgan fingerprint density at radius 1 is 0.760 bits per heavy atom. The number of rotatable bonds is 2. The number of H-pyrrole nitrogens is 1. The zero-order chi connectivity index (χ0) is 16.8. The first-order valence-electron chi connectivity index (χ1n) is 8.07. The summed E-state index contributed by atoms with van der Waals surface area (Å²) < 4.78 is 0. The van der Waals surface area contributed by atoms with E-state index in [1.807, 2.05) is 66.7 Å². The summed E-state index contributed by atoms with van der Waals surface area (Å²) in [6, 6.07) is 22.7. The lowest BCUT2D eigenvalue weighted by Crippen LogP contribution is -2.01. The molecule has 0 atom stereocenters. The maximum absolute atomic E-state index is 12.7. The van der Waals surface area contributed by atoms with Crippen LogP contribution in [-0.4, -0.2) is 20.7 Å². The number of aromatic amines is 1. The molecule has 0 amide bonds. The molecule has 0 bridgehead atoms. The predicted octanol–water partition coefficient (Wildman–Crippen LogP) is 4.50. The molecule has 3 aromatic carbocycles. The number of aromatic nitrogens is 3. The van der Waals surface area contributed by atoms with Gasteiger partial charge in [-0.05, 0) is 24.3 Å². The van der Waals surface area contributed by atoms with Gasteiger partial charge in [-0.3, -0.25) is 4.79 Å². The predicted molar refractivity (Wildman–Crippen MR) is 98.8 cm³/mol. The van der Waals surface area contributed by atoms with Gasteiger partial charge in [-0.15, -0.1) is 0 Å². The zero-order valence-electron chi connectivity index (χ0n) is 13.2. The van der Waals surface area contributed by atoms with Crippen molar-refractivity contribution in [3.05, 3.63) is 83.9 Å². The van der Waals surface area contributed by atoms with E-state index >= 15 is 0 Å². The van der Waals surface area contributed by atoms with E-state index in [1.165, 1.54) is 0 Å². The Hall–Kier alpha value is -3.53. The molecule has 0 spiro atoms. The molecule has 0 fully saturated rings. The van der Waals surface area contributed by atoms with Crippen molar-refractivity contribution in [1.29, 1.82) is 0 Å². The molecular formula is C21H13N3O. The van der Waals surface area contributed by atoms with E-state index in [-0.39, 0.29) is 5.78 Å². The number of para-hydroxylation sites is 1. The van der Waals surface area contributed by atoms with Gasteiger partial charge in [0.05, 0.1) is 11.0 Å². The van der Waals surface area contributed by atoms with Crippen molar-refractivity contribution in [2.24, 2.45) is 0 Å². The summed E-state index contributed by atoms with van der Waals surface area (Å²) in [5.41, 5.74) is 5.37. The molecule has 0 saturated carbocycles. The molecule has 5 aromatic rings. The van der Waals surface area contributed by atoms with E-state index in [9.17, 15) is 4.79 Å². The van der Waals surface area contributed by atoms with Crippen LogP contribution in [0, 0.1) is 0 Å². The lowest BCUT2D eigenvalue weighted by molar-refractivity contribution is 0.103. The average molecular weight is 323 g/mol. The number of benzene rings is 3. The van der Waals surface area contributed by atoms with Crippen LogP contribution < -0.4 is 0 Å². The minimum atomic E-state index is -0.0108. The number of carbonyl (C=O) groups excluding carboxylic acids is 1. The Balaban J connectivity index is 1.72. The van der Waals surface area contributed by atoms with E-state index in [0.29, 0.717) is 11.1 Å². The van der Waals surface area contributed by atoms with Crippen LogP contribution in [0.25, 0.3) is 33.1 Å². The molecule has 4 heteroatoms. The van der Waals surface area contributed by atoms with E-state index in [0.717, 1.165) is 33.1 Å². The fraction of sp³-hybridized carbons (Fsp3) is 0. The smallest absolute Gasteiger partial charge is 0.193 e. The highest BCUT2D eigenvalue weighted by Crippen LogP contribution is 2.25. The van der Waals surface area contributed by atoms with Crippen molar-refractivity contribution in [2.75, 3.05) is 0 Å². The Bertz CT molecular complexity index is 1260. The van der Waals surface area contributed by atoms with Gasteiger partial charge in [-0.25, -0.2) is 9.97 Å². The SMILES string of the molecule is O=C(c1ccccc1)c1ccc2nc3[nH]c4ccccc4c3nc2c1. The van der Waals surface area contributed by atoms with Gasteiger partial charge in [0, 0.05) is 22.0 Å². The zero-order valence-corrected chi connectivity index (χ0v) is 13.2. The van der Waals surface area contributed by atoms with Crippen LogP contribution in [-0.2, 0) is 0 Å². The maximum Gasteiger partial charge on any atom is 0.193 e. The number of carbonyl (C=O) groups is 1. The third-order valence-corrected chi connectivity index (χ3v) is 4.40. The number of hydrogen-bond acceptors (Lipinski definition) is 3. The van der Waals surface area contributed by atoms with Crippen molar-refractivity contribution < 1.29 is 4.79 Å². The molecule has 0 radical (unpaired) electrons. The summed E-state index contributed by atoms with van der Waals surface area (Å²) in [5.74, 6) is -0.0108. The summed E-state index contributed by atoms with van der Waals surface area (Å²) in [4.78, 5) is 25.4. The standard InChI is InChI=1S/C21H13N3O/c25-20(13-6-2-1-3-7-13)14-10-11-17-18(12-14)22-19-15-8-4-5-9-16(15)23-21(19)24-17/h1-12H,(H,23,24). The summed E-state index contributed by atoms with van der Waals surface area (Å²) in [6.45, 7) is 0. The molecule has 25 heavy (non-hydrogen) atoms. The Kier molecular flexibility index (Phi) is 2.91. The van der Waals surface area contributed by atoms with Crippen LogP contribution in [0.3, 0.4) is 0 Å². The van der Waals surface area contributed by atoms with Crippen LogP contribution in [0.15, 0.2) is 72.8 Å². The number of nitrogens with zero attached hydrogens (tertiary/aromatic N) is 2. The molecule has 0 aliphatic carbocycles. The van der Waals surface area contributed by atoms with Gasteiger partial charge in [0.25, 0.3) is 0 Å². The van der Waals surface area contributed by atoms with E-state index in [4.69, 9.17) is 4.98 Å². The van der Waals surface area contributed by atoms with E-state index in [2.05, 4.69) is 9.97 Å². The Morgan fingerprint density at radius 3 is 2.44 bits per heavy atom. The number of ketones is 1. The molecule has 2 heterocycles. The topological polar surface area (TPSA) is 58.6 Å². The van der Waals surface area contributed by atoms with Gasteiger partial charge < -0.3 is 4.98 Å². The van der Waals surface area contributed by atoms with Gasteiger partial charge in [0.1, 0.15) is 5.52 Å². The van der Waals surface area contributed by atoms with Gasteiger partial charge in [0.15, 0.2) is 11.4 Å². The normalized spacial score (nSPS) is 11.4. The average Bonchev–Trinajstić information content (AvgIpc) is 3.03. The summed E-state index contributed by atoms with van der Waals surface area (Å²) in [6.07, 6.45) is 0. The van der Waals surface area contributed by atoms with Gasteiger partial charge in [0.2, 0.25) is 0 Å². The van der Waals surface area contributed by atoms with E-state index < -0.39 is 0 Å². The van der Waals surface area contributed by atoms with Crippen LogP contribution in [0.4, 0.5) is 0 Å². The Labute approximate surface area is 143 Å². The maximum atomic E-state index is 12.7. The highest BCUT2D eigenvalue weighted by atomic mass is 16.1. The second-order valence-electron chi connectivity index (χ2n) is 5.99. The van der Waals surface area contributed by atoms with Crippen LogP contribution in [0.2, 0.25) is 0 Å². The molecule has 0 saturated heterocycles. The van der Waals surface area contributed by atoms with Crippen molar-refractivity contribution in [1.82, 2.24) is 15.0 Å². The number of hydrogen-bond donors (Lipinski definition) is 1. The van der Waals surface area contributed by atoms with Crippen LogP contribution in [0.5, 0.6) is 0 Å². The number of fused-ring (bicyclic) bond motifs is 4. The summed E-state index contributed by atoms with van der Waals surface area (Å²) in [7, 11) is 0. The minimum Gasteiger partial charge on any atom is -0.338 e. The number of nitrogens with one attached hydrogen (secondary N) is 1. The molecule has 4 nitrogen and oxygen atoms in total. The van der Waals surface area contributed by atoms with Gasteiger partial charge in [-0.2, -0.15) is 0 Å². The fourth-order valence-electron chi connectivity index (χ4n) is 3.15. The van der Waals surface area contributed by atoms with Crippen molar-refractivity contribution >= 4 is 38.9 Å². The second-order valence-corrected chi connectivity index (χ2v) is 5.99. The molecule has 118 valence electrons. The highest BCUT2D eigenvalue weighted by Gasteiger charge is 2.12. The third-order valence-electron chi connectivity index (χ3n) is 4.40. The van der Waals surface area contributed by atoms with Gasteiger partial charge in [-0.1, -0.05) is 48.5 Å². The highest BCUT2D eigenvalue weighted by molar-refractivity contribution is 6.11. The first kappa shape index (κ1) is 13.9. The van der Waals surface area contributed by atoms with Crippen molar-refractivity contribution in [3.63, 3.8) is 0 Å². The van der Waals surface area contributed by atoms with Crippen molar-refractivity contribution in [2.45, 2.75) is 0 Å².